The number of unbranched alkanes of at least 4 members (excludes halogenated alkanes) is 1. The molecule has 0 spiro atoms. The van der Waals surface area contributed by atoms with E-state index in [0.29, 0.717) is 6.61 Å². The SMILES string of the molecule is CCCCC(COC(=O)c1ccccc1C(=O)O)OCC. The fraction of sp³-hybridized carbons (Fsp3) is 0.500. The fourth-order valence-corrected chi connectivity index (χ4v) is 1.98. The van der Waals surface area contributed by atoms with Gasteiger partial charge in [-0.3, -0.25) is 0 Å². The molecular weight excluding hydrogens is 272 g/mol. The molecule has 0 aliphatic carbocycles. The van der Waals surface area contributed by atoms with Gasteiger partial charge in [-0.25, -0.2) is 9.59 Å². The Kier molecular flexibility index (Phi) is 7.46. The third-order valence-corrected chi connectivity index (χ3v) is 3.06. The second kappa shape index (κ2) is 9.13. The Labute approximate surface area is 124 Å². The number of carbonyl (C=O) groups is 2. The normalized spacial score (nSPS) is 11.9. The molecule has 1 aromatic carbocycles. The van der Waals surface area contributed by atoms with Crippen LogP contribution in [0.15, 0.2) is 24.3 Å². The molecule has 0 bridgehead atoms. The lowest BCUT2D eigenvalue weighted by Crippen LogP contribution is -2.23. The number of carboxylic acids is 1. The molecule has 21 heavy (non-hydrogen) atoms. The molecule has 0 saturated carbocycles. The Bertz CT molecular complexity index is 469. The molecule has 0 radical (unpaired) electrons. The summed E-state index contributed by atoms with van der Waals surface area (Å²) < 4.78 is 10.7. The van der Waals surface area contributed by atoms with Gasteiger partial charge in [0.05, 0.1) is 17.2 Å². The molecule has 0 aromatic heterocycles. The van der Waals surface area contributed by atoms with E-state index in [1.165, 1.54) is 12.1 Å². The van der Waals surface area contributed by atoms with Gasteiger partial charge in [-0.15, -0.1) is 0 Å². The maximum atomic E-state index is 12.0. The zero-order valence-corrected chi connectivity index (χ0v) is 12.5. The lowest BCUT2D eigenvalue weighted by atomic mass is 10.1. The number of aromatic carboxylic acids is 1. The highest BCUT2D eigenvalue weighted by atomic mass is 16.6. The third kappa shape index (κ3) is 5.55. The highest BCUT2D eigenvalue weighted by molar-refractivity contribution is 6.02. The Morgan fingerprint density at radius 2 is 1.86 bits per heavy atom. The van der Waals surface area contributed by atoms with Crippen molar-refractivity contribution >= 4 is 11.9 Å². The topological polar surface area (TPSA) is 72.8 Å². The minimum Gasteiger partial charge on any atom is -0.478 e. The van der Waals surface area contributed by atoms with E-state index >= 15 is 0 Å². The van der Waals surface area contributed by atoms with Gasteiger partial charge in [0.2, 0.25) is 0 Å². The molecular formula is C16H22O5. The molecule has 1 atom stereocenters. The van der Waals surface area contributed by atoms with E-state index in [-0.39, 0.29) is 23.8 Å². The first-order valence-electron chi connectivity index (χ1n) is 7.21. The predicted octanol–water partition coefficient (Wildman–Crippen LogP) is 3.14. The number of hydrogen-bond acceptors (Lipinski definition) is 4. The van der Waals surface area contributed by atoms with Gasteiger partial charge in [0.1, 0.15) is 6.61 Å². The van der Waals surface area contributed by atoms with Crippen molar-refractivity contribution < 1.29 is 24.2 Å². The van der Waals surface area contributed by atoms with Gasteiger partial charge in [-0.2, -0.15) is 0 Å². The highest BCUT2D eigenvalue weighted by Crippen LogP contribution is 2.12. The number of esters is 1. The number of benzene rings is 1. The Morgan fingerprint density at radius 1 is 1.19 bits per heavy atom. The van der Waals surface area contributed by atoms with Crippen LogP contribution in [0.5, 0.6) is 0 Å². The second-order valence-corrected chi connectivity index (χ2v) is 4.67. The summed E-state index contributed by atoms with van der Waals surface area (Å²) >= 11 is 0. The number of carboxylic acid groups (broad SMARTS) is 1. The molecule has 0 aliphatic rings. The van der Waals surface area contributed by atoms with Gasteiger partial charge in [0.15, 0.2) is 0 Å². The van der Waals surface area contributed by atoms with Crippen molar-refractivity contribution in [1.82, 2.24) is 0 Å². The first kappa shape index (κ1) is 17.2. The summed E-state index contributed by atoms with van der Waals surface area (Å²) in [4.78, 5) is 23.1. The van der Waals surface area contributed by atoms with Crippen LogP contribution in [0.4, 0.5) is 0 Å². The summed E-state index contributed by atoms with van der Waals surface area (Å²) in [7, 11) is 0. The molecule has 0 amide bonds. The molecule has 116 valence electrons. The van der Waals surface area contributed by atoms with Gasteiger partial charge in [-0.05, 0) is 25.5 Å². The van der Waals surface area contributed by atoms with Gasteiger partial charge < -0.3 is 14.6 Å². The van der Waals surface area contributed by atoms with E-state index < -0.39 is 11.9 Å². The van der Waals surface area contributed by atoms with Crippen molar-refractivity contribution in [1.29, 1.82) is 0 Å². The van der Waals surface area contributed by atoms with Crippen LogP contribution in [0, 0.1) is 0 Å². The average Bonchev–Trinajstić information content (AvgIpc) is 2.49. The van der Waals surface area contributed by atoms with Crippen molar-refractivity contribution in [3.05, 3.63) is 35.4 Å². The van der Waals surface area contributed by atoms with Crippen LogP contribution in [0.2, 0.25) is 0 Å². The summed E-state index contributed by atoms with van der Waals surface area (Å²) in [6.45, 7) is 4.66. The smallest absolute Gasteiger partial charge is 0.339 e. The Hall–Kier alpha value is -1.88. The van der Waals surface area contributed by atoms with Crippen LogP contribution >= 0.6 is 0 Å². The van der Waals surface area contributed by atoms with Gasteiger partial charge >= 0.3 is 11.9 Å². The third-order valence-electron chi connectivity index (χ3n) is 3.06. The van der Waals surface area contributed by atoms with E-state index in [9.17, 15) is 9.59 Å². The number of ether oxygens (including phenoxy) is 2. The summed E-state index contributed by atoms with van der Waals surface area (Å²) in [5, 5.41) is 9.06. The summed E-state index contributed by atoms with van der Waals surface area (Å²) in [5.41, 5.74) is 0.0137. The molecule has 5 heteroatoms. The molecule has 1 rings (SSSR count). The fourth-order valence-electron chi connectivity index (χ4n) is 1.98. The van der Waals surface area contributed by atoms with E-state index in [1.807, 2.05) is 6.92 Å². The standard InChI is InChI=1S/C16H22O5/c1-3-5-8-12(20-4-2)11-21-16(19)14-10-7-6-9-13(14)15(17)18/h6-7,9-10,12H,3-5,8,11H2,1-2H3,(H,17,18). The van der Waals surface area contributed by atoms with Crippen LogP contribution < -0.4 is 0 Å². The van der Waals surface area contributed by atoms with E-state index in [2.05, 4.69) is 6.92 Å². The summed E-state index contributed by atoms with van der Waals surface area (Å²) in [6.07, 6.45) is 2.71. The quantitative estimate of drug-likeness (QED) is 0.708. The van der Waals surface area contributed by atoms with Crippen molar-refractivity contribution in [3.63, 3.8) is 0 Å². The monoisotopic (exact) mass is 294 g/mol. The van der Waals surface area contributed by atoms with E-state index in [4.69, 9.17) is 14.6 Å². The van der Waals surface area contributed by atoms with E-state index in [1.54, 1.807) is 12.1 Å². The first-order valence-corrected chi connectivity index (χ1v) is 7.21. The maximum Gasteiger partial charge on any atom is 0.339 e. The van der Waals surface area contributed by atoms with Crippen LogP contribution in [0.3, 0.4) is 0 Å². The second-order valence-electron chi connectivity index (χ2n) is 4.67. The van der Waals surface area contributed by atoms with Crippen LogP contribution in [-0.4, -0.2) is 36.4 Å². The number of hydrogen-bond donors (Lipinski definition) is 1. The highest BCUT2D eigenvalue weighted by Gasteiger charge is 2.18. The van der Waals surface area contributed by atoms with Crippen molar-refractivity contribution in [2.75, 3.05) is 13.2 Å². The molecule has 0 fully saturated rings. The molecule has 0 heterocycles. The Balaban J connectivity index is 2.65. The zero-order valence-electron chi connectivity index (χ0n) is 12.5. The lowest BCUT2D eigenvalue weighted by Gasteiger charge is -2.17. The molecule has 5 nitrogen and oxygen atoms in total. The number of carbonyl (C=O) groups excluding carboxylic acids is 1. The zero-order chi connectivity index (χ0) is 15.7. The van der Waals surface area contributed by atoms with Crippen molar-refractivity contribution in [3.8, 4) is 0 Å². The summed E-state index contributed by atoms with van der Waals surface area (Å²) in [6, 6.07) is 6.02. The lowest BCUT2D eigenvalue weighted by molar-refractivity contribution is -0.00817. The molecule has 0 aliphatic heterocycles. The molecule has 1 N–H and O–H groups in total. The maximum absolute atomic E-state index is 12.0. The predicted molar refractivity (Wildman–Crippen MR) is 78.6 cm³/mol. The first-order chi connectivity index (χ1) is 10.1. The van der Waals surface area contributed by atoms with Gasteiger partial charge in [-0.1, -0.05) is 31.9 Å². The van der Waals surface area contributed by atoms with Crippen LogP contribution in [-0.2, 0) is 9.47 Å². The Morgan fingerprint density at radius 3 is 2.43 bits per heavy atom. The van der Waals surface area contributed by atoms with Gasteiger partial charge in [0.25, 0.3) is 0 Å². The largest absolute Gasteiger partial charge is 0.478 e. The summed E-state index contributed by atoms with van der Waals surface area (Å²) in [5.74, 6) is -1.77. The van der Waals surface area contributed by atoms with Crippen molar-refractivity contribution in [2.24, 2.45) is 0 Å². The minimum atomic E-state index is -1.14. The molecule has 1 unspecified atom stereocenters. The average molecular weight is 294 g/mol. The molecule has 1 aromatic rings. The van der Waals surface area contributed by atoms with Crippen LogP contribution in [0.1, 0.15) is 53.8 Å². The number of rotatable bonds is 9. The molecule has 0 saturated heterocycles. The minimum absolute atomic E-state index is 0.0518. The van der Waals surface area contributed by atoms with E-state index in [0.717, 1.165) is 19.3 Å². The van der Waals surface area contributed by atoms with Crippen molar-refractivity contribution in [2.45, 2.75) is 39.2 Å². The van der Waals surface area contributed by atoms with Gasteiger partial charge in [0, 0.05) is 6.61 Å². The van der Waals surface area contributed by atoms with Crippen LogP contribution in [0.25, 0.3) is 0 Å².